The third-order valence-corrected chi connectivity index (χ3v) is 6.68. The van der Waals surface area contributed by atoms with Gasteiger partial charge >= 0.3 is 0 Å². The second kappa shape index (κ2) is 4.01. The van der Waals surface area contributed by atoms with E-state index in [9.17, 15) is 13.2 Å². The zero-order valence-corrected chi connectivity index (χ0v) is 12.3. The van der Waals surface area contributed by atoms with Crippen molar-refractivity contribution in [2.45, 2.75) is 31.5 Å². The van der Waals surface area contributed by atoms with Gasteiger partial charge < -0.3 is 6.15 Å². The smallest absolute Gasteiger partial charge is 0.265 e. The summed E-state index contributed by atoms with van der Waals surface area (Å²) in [6.07, 6.45) is 1.55. The molecule has 0 aromatic heterocycles. The van der Waals surface area contributed by atoms with E-state index in [-0.39, 0.29) is 28.4 Å². The molecule has 2 bridgehead atoms. The molecule has 0 aliphatic heterocycles. The number of alkyl halides is 1. The van der Waals surface area contributed by atoms with E-state index in [4.69, 9.17) is 4.55 Å². The summed E-state index contributed by atoms with van der Waals surface area (Å²) in [6, 6.07) is 0. The van der Waals surface area contributed by atoms with Crippen molar-refractivity contribution < 1.29 is 17.8 Å². The summed E-state index contributed by atoms with van der Waals surface area (Å²) in [5.74, 6) is -0.239. The second-order valence-corrected chi connectivity index (χ2v) is 7.83. The topological polar surface area (TPSA) is 106 Å². The minimum atomic E-state index is -4.05. The lowest BCUT2D eigenvalue weighted by Gasteiger charge is -2.35. The summed E-state index contributed by atoms with van der Waals surface area (Å²) in [6.45, 7) is 3.62. The van der Waals surface area contributed by atoms with E-state index in [0.717, 1.165) is 6.42 Å². The minimum absolute atomic E-state index is 0. The summed E-state index contributed by atoms with van der Waals surface area (Å²) in [5.41, 5.74) is -1.27. The minimum Gasteiger partial charge on any atom is -0.344 e. The van der Waals surface area contributed by atoms with Crippen LogP contribution < -0.4 is 6.15 Å². The van der Waals surface area contributed by atoms with Gasteiger partial charge in [0.15, 0.2) is 5.78 Å². The van der Waals surface area contributed by atoms with Gasteiger partial charge in [-0.15, -0.1) is 0 Å². The molecule has 2 aliphatic carbocycles. The SMILES string of the molecule is C[C@]12CC[C@H]([C@H](Br)C1=O)[C@@]2(C)CS(=O)(=O)O.N. The van der Waals surface area contributed by atoms with E-state index in [1.807, 2.05) is 6.92 Å². The van der Waals surface area contributed by atoms with Crippen molar-refractivity contribution in [1.82, 2.24) is 6.15 Å². The average molecular weight is 328 g/mol. The number of rotatable bonds is 2. The normalized spacial score (nSPS) is 44.8. The first-order chi connectivity index (χ1) is 7.12. The molecule has 0 radical (unpaired) electrons. The monoisotopic (exact) mass is 327 g/mol. The lowest BCUT2D eigenvalue weighted by molar-refractivity contribution is -0.127. The maximum Gasteiger partial charge on any atom is 0.265 e. The van der Waals surface area contributed by atoms with E-state index >= 15 is 0 Å². The van der Waals surface area contributed by atoms with Crippen LogP contribution in [0.1, 0.15) is 26.7 Å². The second-order valence-electron chi connectivity index (χ2n) is 5.39. The Bertz CT molecular complexity index is 451. The molecule has 0 heterocycles. The zero-order valence-electron chi connectivity index (χ0n) is 9.94. The van der Waals surface area contributed by atoms with Crippen molar-refractivity contribution in [3.05, 3.63) is 0 Å². The lowest BCUT2D eigenvalue weighted by Crippen LogP contribution is -2.40. The third kappa shape index (κ3) is 1.87. The molecule has 5 nitrogen and oxygen atoms in total. The highest BCUT2D eigenvalue weighted by Crippen LogP contribution is 2.65. The number of hydrogen-bond acceptors (Lipinski definition) is 4. The molecule has 0 amide bonds. The van der Waals surface area contributed by atoms with Crippen molar-refractivity contribution >= 4 is 31.8 Å². The number of Topliss-reactive ketones (excluding diaryl/α,β-unsaturated/α-hetero) is 1. The highest BCUT2D eigenvalue weighted by Gasteiger charge is 2.68. The molecule has 2 fully saturated rings. The molecule has 0 spiro atoms. The van der Waals surface area contributed by atoms with Crippen molar-refractivity contribution in [1.29, 1.82) is 0 Å². The summed E-state index contributed by atoms with van der Waals surface area (Å²) in [7, 11) is -4.05. The molecule has 2 rings (SSSR count). The predicted molar refractivity (Wildman–Crippen MR) is 68.1 cm³/mol. The third-order valence-electron chi connectivity index (χ3n) is 4.66. The van der Waals surface area contributed by atoms with Gasteiger partial charge in [0.05, 0.1) is 10.6 Å². The van der Waals surface area contributed by atoms with Crippen molar-refractivity contribution in [3.63, 3.8) is 0 Å². The van der Waals surface area contributed by atoms with Gasteiger partial charge in [-0.05, 0) is 18.8 Å². The number of carbonyl (C=O) groups excluding carboxylic acids is 1. The maximum atomic E-state index is 12.1. The Labute approximate surface area is 110 Å². The van der Waals surface area contributed by atoms with Crippen LogP contribution in [0.25, 0.3) is 0 Å². The fraction of sp³-hybridized carbons (Fsp3) is 0.900. The lowest BCUT2D eigenvalue weighted by atomic mass is 9.70. The van der Waals surface area contributed by atoms with Gasteiger partial charge in [-0.25, -0.2) is 0 Å². The molecular weight excluding hydrogens is 310 g/mol. The summed E-state index contributed by atoms with van der Waals surface area (Å²) >= 11 is 3.35. The molecule has 2 saturated carbocycles. The Morgan fingerprint density at radius 1 is 1.47 bits per heavy atom. The van der Waals surface area contributed by atoms with E-state index in [2.05, 4.69) is 15.9 Å². The van der Waals surface area contributed by atoms with Crippen molar-refractivity contribution in [2.75, 3.05) is 5.75 Å². The van der Waals surface area contributed by atoms with Gasteiger partial charge in [-0.2, -0.15) is 8.42 Å². The Morgan fingerprint density at radius 3 is 2.35 bits per heavy atom. The van der Waals surface area contributed by atoms with E-state index in [1.54, 1.807) is 6.92 Å². The molecule has 0 unspecified atom stereocenters. The Hall–Kier alpha value is 0.0200. The van der Waals surface area contributed by atoms with Crippen LogP contribution in [0.4, 0.5) is 0 Å². The summed E-state index contributed by atoms with van der Waals surface area (Å²) in [4.78, 5) is 11.8. The zero-order chi connectivity index (χ0) is 12.4. The average Bonchev–Trinajstić information content (AvgIpc) is 2.40. The van der Waals surface area contributed by atoms with Crippen LogP contribution in [-0.4, -0.2) is 29.3 Å². The van der Waals surface area contributed by atoms with Crippen molar-refractivity contribution in [3.8, 4) is 0 Å². The van der Waals surface area contributed by atoms with Gasteiger partial charge in [-0.3, -0.25) is 9.35 Å². The Balaban J connectivity index is 0.00000144. The molecule has 0 aromatic rings. The Morgan fingerprint density at radius 2 is 2.00 bits per heavy atom. The molecule has 2 aliphatic rings. The van der Waals surface area contributed by atoms with Gasteiger partial charge in [0.1, 0.15) is 0 Å². The number of ketones is 1. The van der Waals surface area contributed by atoms with Crippen LogP contribution in [0.15, 0.2) is 0 Å². The maximum absolute atomic E-state index is 12.1. The number of carbonyl (C=O) groups is 1. The summed E-state index contributed by atoms with van der Waals surface area (Å²) in [5, 5.41) is 0. The fourth-order valence-corrected chi connectivity index (χ4v) is 6.11. The molecule has 7 heteroatoms. The van der Waals surface area contributed by atoms with Gasteiger partial charge in [-0.1, -0.05) is 29.8 Å². The molecule has 4 atom stereocenters. The molecule has 0 aromatic carbocycles. The molecule has 4 N–H and O–H groups in total. The van der Waals surface area contributed by atoms with Crippen LogP contribution in [0.5, 0.6) is 0 Å². The van der Waals surface area contributed by atoms with E-state index in [1.165, 1.54) is 0 Å². The van der Waals surface area contributed by atoms with Crippen LogP contribution >= 0.6 is 15.9 Å². The molecule has 0 saturated heterocycles. The quantitative estimate of drug-likeness (QED) is 0.594. The first kappa shape index (κ1) is 15.1. The number of halogens is 1. The van der Waals surface area contributed by atoms with Gasteiger partial charge in [0.25, 0.3) is 10.1 Å². The number of fused-ring (bicyclic) bond motifs is 2. The highest BCUT2D eigenvalue weighted by molar-refractivity contribution is 9.10. The van der Waals surface area contributed by atoms with Crippen LogP contribution in [-0.2, 0) is 14.9 Å². The van der Waals surface area contributed by atoms with Crippen LogP contribution in [0.2, 0.25) is 0 Å². The highest BCUT2D eigenvalue weighted by atomic mass is 79.9. The molecule has 100 valence electrons. The predicted octanol–water partition coefficient (Wildman–Crippen LogP) is 1.80. The fourth-order valence-electron chi connectivity index (χ4n) is 3.46. The standard InChI is InChI=1S/C10H15BrO4S.H3N/c1-9-4-3-6(7(11)8(9)12)10(9,2)5-16(13,14)15;/h6-7H,3-5H2,1-2H3,(H,13,14,15);1H3/t6-,7+,9+,10-;/m1./s1. The molecular formula is C10H18BrNO4S. The first-order valence-electron chi connectivity index (χ1n) is 5.25. The van der Waals surface area contributed by atoms with Crippen LogP contribution in [0, 0.1) is 16.7 Å². The van der Waals surface area contributed by atoms with E-state index < -0.39 is 20.9 Å². The first-order valence-corrected chi connectivity index (χ1v) is 7.78. The molecule has 17 heavy (non-hydrogen) atoms. The van der Waals surface area contributed by atoms with Crippen molar-refractivity contribution in [2.24, 2.45) is 16.7 Å². The van der Waals surface area contributed by atoms with Gasteiger partial charge in [0, 0.05) is 10.8 Å². The summed E-state index contributed by atoms with van der Waals surface area (Å²) < 4.78 is 31.2. The Kier molecular flexibility index (Phi) is 3.56. The number of hydrogen-bond donors (Lipinski definition) is 2. The largest absolute Gasteiger partial charge is 0.344 e. The van der Waals surface area contributed by atoms with E-state index in [0.29, 0.717) is 6.42 Å². The van der Waals surface area contributed by atoms with Crippen LogP contribution in [0.3, 0.4) is 0 Å². The van der Waals surface area contributed by atoms with Gasteiger partial charge in [0.2, 0.25) is 0 Å².